The predicted molar refractivity (Wildman–Crippen MR) is 153 cm³/mol. The van der Waals surface area contributed by atoms with Crippen LogP contribution in [0.4, 0.5) is 0 Å². The quantitative estimate of drug-likeness (QED) is 0.0710. The molecule has 1 atom stereocenters. The molecule has 0 amide bonds. The van der Waals surface area contributed by atoms with Gasteiger partial charge in [-0.05, 0) is 61.3 Å². The van der Waals surface area contributed by atoms with Crippen LogP contribution in [0.1, 0.15) is 75.2 Å². The fraction of sp³-hybridized carbons (Fsp3) is 0.710. The maximum Gasteiger partial charge on any atom is 0.333 e. The monoisotopic (exact) mass is 522 g/mol. The average Bonchev–Trinajstić information content (AvgIpc) is 2.84. The normalized spacial score (nSPS) is 12.9. The lowest BCUT2D eigenvalue weighted by atomic mass is 9.86. The number of hydrogen-bond donors (Lipinski definition) is 0. The Bertz CT molecular complexity index is 728. The van der Waals surface area contributed by atoms with Gasteiger partial charge in [0.25, 0.3) is 0 Å². The molecule has 0 heterocycles. The third-order valence-electron chi connectivity index (χ3n) is 6.23. The van der Waals surface area contributed by atoms with Gasteiger partial charge in [-0.1, -0.05) is 55.4 Å². The summed E-state index contributed by atoms with van der Waals surface area (Å²) < 4.78 is 30.0. The summed E-state index contributed by atoms with van der Waals surface area (Å²) in [5, 5.41) is 0. The van der Waals surface area contributed by atoms with Crippen molar-refractivity contribution in [1.82, 2.24) is 0 Å². The Morgan fingerprint density at radius 3 is 1.22 bits per heavy atom. The number of carbonyl (C=O) groups excluding carboxylic acids is 1. The van der Waals surface area contributed by atoms with E-state index in [9.17, 15) is 4.79 Å². The van der Waals surface area contributed by atoms with Gasteiger partial charge in [0.05, 0.1) is 58.3 Å². The van der Waals surface area contributed by atoms with Crippen LogP contribution in [-0.2, 0) is 28.5 Å². The summed E-state index contributed by atoms with van der Waals surface area (Å²) in [6, 6.07) is 0. The molecule has 0 saturated carbocycles. The zero-order valence-corrected chi connectivity index (χ0v) is 25.2. The first-order chi connectivity index (χ1) is 17.4. The molecule has 0 saturated heterocycles. The van der Waals surface area contributed by atoms with Gasteiger partial charge in [-0.15, -0.1) is 0 Å². The van der Waals surface area contributed by atoms with E-state index in [0.29, 0.717) is 58.4 Å². The molecule has 0 aliphatic heterocycles. The highest BCUT2D eigenvalue weighted by Gasteiger charge is 2.35. The second-order valence-electron chi connectivity index (χ2n) is 10.9. The Labute approximate surface area is 227 Å². The third-order valence-corrected chi connectivity index (χ3v) is 6.23. The largest absolute Gasteiger partial charge is 0.462 e. The zero-order valence-electron chi connectivity index (χ0n) is 25.2. The fourth-order valence-electron chi connectivity index (χ4n) is 3.19. The van der Waals surface area contributed by atoms with Gasteiger partial charge in [0.2, 0.25) is 0 Å². The molecule has 1 unspecified atom stereocenters. The van der Waals surface area contributed by atoms with E-state index in [1.807, 2.05) is 19.9 Å². The van der Waals surface area contributed by atoms with Crippen molar-refractivity contribution in [2.75, 3.05) is 59.5 Å². The number of esters is 1. The van der Waals surface area contributed by atoms with Gasteiger partial charge in [0.1, 0.15) is 6.61 Å². The van der Waals surface area contributed by atoms with Crippen molar-refractivity contribution in [2.24, 2.45) is 10.8 Å². The van der Waals surface area contributed by atoms with E-state index in [2.05, 4.69) is 60.3 Å². The van der Waals surface area contributed by atoms with Crippen LogP contribution in [-0.4, -0.2) is 65.4 Å². The molecule has 37 heavy (non-hydrogen) atoms. The minimum absolute atomic E-state index is 0.206. The number of hydrogen-bond acceptors (Lipinski definition) is 6. The topological polar surface area (TPSA) is 63.2 Å². The molecule has 0 aromatic heterocycles. The van der Waals surface area contributed by atoms with E-state index < -0.39 is 11.4 Å². The molecule has 6 heteroatoms. The van der Waals surface area contributed by atoms with Gasteiger partial charge < -0.3 is 23.7 Å². The summed E-state index contributed by atoms with van der Waals surface area (Å²) in [5.74, 6) is -0.398. The number of allylic oxidation sites excluding steroid dienone is 3. The first kappa shape index (κ1) is 35.3. The molecule has 0 fully saturated rings. The second kappa shape index (κ2) is 19.4. The number of carbonyl (C=O) groups is 1. The Kier molecular flexibility index (Phi) is 18.5. The Morgan fingerprint density at radius 2 is 0.919 bits per heavy atom. The molecule has 0 N–H and O–H groups in total. The molecule has 0 spiro atoms. The van der Waals surface area contributed by atoms with E-state index in [0.717, 1.165) is 12.8 Å². The highest BCUT2D eigenvalue weighted by Crippen LogP contribution is 2.29. The van der Waals surface area contributed by atoms with Crippen molar-refractivity contribution in [2.45, 2.75) is 75.2 Å². The minimum Gasteiger partial charge on any atom is -0.462 e. The van der Waals surface area contributed by atoms with E-state index in [4.69, 9.17) is 23.7 Å². The first-order valence-corrected chi connectivity index (χ1v) is 13.4. The summed E-state index contributed by atoms with van der Waals surface area (Å²) in [6.45, 7) is 26.1. The Hall–Kier alpha value is -1.73. The second-order valence-corrected chi connectivity index (χ2v) is 10.9. The van der Waals surface area contributed by atoms with Crippen molar-refractivity contribution in [3.8, 4) is 0 Å². The van der Waals surface area contributed by atoms with Crippen LogP contribution in [0.5, 0.6) is 0 Å². The van der Waals surface area contributed by atoms with Gasteiger partial charge in [0.15, 0.2) is 0 Å². The van der Waals surface area contributed by atoms with Crippen molar-refractivity contribution < 1.29 is 28.5 Å². The van der Waals surface area contributed by atoms with E-state index in [1.54, 1.807) is 6.92 Å². The first-order valence-electron chi connectivity index (χ1n) is 13.4. The SMILES string of the molecule is C=C(C)C(=O)OCC(CC)(COCC=C(C)C)COCC(CC)(COCC=C(C)C)COCC=C(C)C. The molecule has 6 nitrogen and oxygen atoms in total. The van der Waals surface area contributed by atoms with Gasteiger partial charge >= 0.3 is 5.97 Å². The van der Waals surface area contributed by atoms with Crippen molar-refractivity contribution in [3.63, 3.8) is 0 Å². The third kappa shape index (κ3) is 16.7. The molecule has 0 rings (SSSR count). The lowest BCUT2D eigenvalue weighted by Gasteiger charge is -2.36. The van der Waals surface area contributed by atoms with Crippen LogP contribution in [0.15, 0.2) is 47.1 Å². The van der Waals surface area contributed by atoms with E-state index >= 15 is 0 Å². The van der Waals surface area contributed by atoms with Crippen molar-refractivity contribution >= 4 is 5.97 Å². The number of rotatable bonds is 21. The molecule has 0 aliphatic carbocycles. The molecular weight excluding hydrogens is 468 g/mol. The highest BCUT2D eigenvalue weighted by molar-refractivity contribution is 5.86. The average molecular weight is 523 g/mol. The molecule has 0 aliphatic rings. The molecule has 0 bridgehead atoms. The van der Waals surface area contributed by atoms with Crippen molar-refractivity contribution in [1.29, 1.82) is 0 Å². The molecule has 0 aromatic rings. The maximum atomic E-state index is 12.1. The molecule has 214 valence electrons. The van der Waals surface area contributed by atoms with E-state index in [1.165, 1.54) is 16.7 Å². The Balaban J connectivity index is 5.49. The summed E-state index contributed by atoms with van der Waals surface area (Å²) in [4.78, 5) is 12.1. The van der Waals surface area contributed by atoms with Crippen LogP contribution in [0.2, 0.25) is 0 Å². The maximum absolute atomic E-state index is 12.1. The predicted octanol–water partition coefficient (Wildman–Crippen LogP) is 6.86. The summed E-state index contributed by atoms with van der Waals surface area (Å²) in [5.41, 5.74) is 3.27. The Morgan fingerprint density at radius 1 is 0.595 bits per heavy atom. The fourth-order valence-corrected chi connectivity index (χ4v) is 3.19. The van der Waals surface area contributed by atoms with Crippen LogP contribution in [0, 0.1) is 10.8 Å². The van der Waals surface area contributed by atoms with Gasteiger partial charge in [-0.25, -0.2) is 4.79 Å². The minimum atomic E-state index is -0.466. The zero-order chi connectivity index (χ0) is 28.3. The highest BCUT2D eigenvalue weighted by atomic mass is 16.5. The lowest BCUT2D eigenvalue weighted by Crippen LogP contribution is -2.41. The molecule has 0 aromatic carbocycles. The molecule has 0 radical (unpaired) electrons. The van der Waals surface area contributed by atoms with Crippen LogP contribution < -0.4 is 0 Å². The lowest BCUT2D eigenvalue weighted by molar-refractivity contribution is -0.149. The summed E-state index contributed by atoms with van der Waals surface area (Å²) in [6.07, 6.45) is 7.77. The summed E-state index contributed by atoms with van der Waals surface area (Å²) >= 11 is 0. The van der Waals surface area contributed by atoms with Gasteiger partial charge in [-0.2, -0.15) is 0 Å². The van der Waals surface area contributed by atoms with Gasteiger partial charge in [0, 0.05) is 11.0 Å². The van der Waals surface area contributed by atoms with Crippen molar-refractivity contribution in [3.05, 3.63) is 47.1 Å². The number of ether oxygens (including phenoxy) is 5. The van der Waals surface area contributed by atoms with Gasteiger partial charge in [-0.3, -0.25) is 0 Å². The smallest absolute Gasteiger partial charge is 0.333 e. The standard InChI is InChI=1S/C31H54O6/c1-11-30(19-33-16-13-25(3)4,20-34-17-14-26(5)6)22-36-23-31(12-2,21-35-18-15-27(7)8)24-37-29(32)28(9)10/h13-15H,9,11-12,16-24H2,1-8,10H3. The van der Waals surface area contributed by atoms with E-state index in [-0.39, 0.29) is 12.0 Å². The molecular formula is C31H54O6. The van der Waals surface area contributed by atoms with Crippen LogP contribution in [0.25, 0.3) is 0 Å². The summed E-state index contributed by atoms with van der Waals surface area (Å²) in [7, 11) is 0. The van der Waals surface area contributed by atoms with Crippen LogP contribution >= 0.6 is 0 Å². The van der Waals surface area contributed by atoms with Crippen LogP contribution in [0.3, 0.4) is 0 Å².